The number of hydrogen-bond acceptors (Lipinski definition) is 5. The summed E-state index contributed by atoms with van der Waals surface area (Å²) in [6, 6.07) is 8.26. The van der Waals surface area contributed by atoms with Gasteiger partial charge in [0, 0.05) is 29.9 Å². The van der Waals surface area contributed by atoms with Crippen LogP contribution in [-0.4, -0.2) is 58.2 Å². The van der Waals surface area contributed by atoms with Crippen molar-refractivity contribution in [3.63, 3.8) is 0 Å². The summed E-state index contributed by atoms with van der Waals surface area (Å²) < 4.78 is 6.99. The SMILES string of the molecule is CCN(CC(=O)NC(C)C)C(=O)COC(=O)/C=C/c1c(C)nn(Cc2ccc(C)cc2)c1C. The van der Waals surface area contributed by atoms with Gasteiger partial charge in [0.25, 0.3) is 5.91 Å². The van der Waals surface area contributed by atoms with Crippen molar-refractivity contribution in [1.82, 2.24) is 20.0 Å². The van der Waals surface area contributed by atoms with Crippen molar-refractivity contribution in [2.24, 2.45) is 0 Å². The molecular weight excluding hydrogens is 420 g/mol. The summed E-state index contributed by atoms with van der Waals surface area (Å²) in [6.07, 6.45) is 2.95. The van der Waals surface area contributed by atoms with E-state index in [4.69, 9.17) is 4.74 Å². The van der Waals surface area contributed by atoms with Crippen LogP contribution in [0, 0.1) is 20.8 Å². The molecule has 1 aromatic heterocycles. The predicted molar refractivity (Wildman–Crippen MR) is 128 cm³/mol. The first-order valence-electron chi connectivity index (χ1n) is 11.1. The first kappa shape index (κ1) is 25.8. The summed E-state index contributed by atoms with van der Waals surface area (Å²) >= 11 is 0. The Labute approximate surface area is 195 Å². The number of esters is 1. The number of likely N-dealkylation sites (N-methyl/N-ethyl adjacent to an activating group) is 1. The molecule has 1 aromatic carbocycles. The van der Waals surface area contributed by atoms with E-state index in [9.17, 15) is 14.4 Å². The molecule has 0 saturated carbocycles. The lowest BCUT2D eigenvalue weighted by molar-refractivity contribution is -0.148. The second-order valence-electron chi connectivity index (χ2n) is 8.30. The minimum atomic E-state index is -0.629. The number of benzene rings is 1. The van der Waals surface area contributed by atoms with Crippen molar-refractivity contribution in [1.29, 1.82) is 0 Å². The third-order valence-corrected chi connectivity index (χ3v) is 5.13. The lowest BCUT2D eigenvalue weighted by Crippen LogP contribution is -2.44. The van der Waals surface area contributed by atoms with E-state index in [1.54, 1.807) is 13.0 Å². The molecule has 0 unspecified atom stereocenters. The molecule has 0 bridgehead atoms. The second-order valence-corrected chi connectivity index (χ2v) is 8.30. The van der Waals surface area contributed by atoms with E-state index in [-0.39, 0.29) is 18.5 Å². The van der Waals surface area contributed by atoms with Gasteiger partial charge in [-0.3, -0.25) is 14.3 Å². The molecule has 2 rings (SSSR count). The van der Waals surface area contributed by atoms with Gasteiger partial charge >= 0.3 is 5.97 Å². The molecule has 0 saturated heterocycles. The lowest BCUT2D eigenvalue weighted by atomic mass is 10.1. The van der Waals surface area contributed by atoms with E-state index < -0.39 is 18.5 Å². The minimum Gasteiger partial charge on any atom is -0.452 e. The maximum atomic E-state index is 12.3. The quantitative estimate of drug-likeness (QED) is 0.440. The first-order valence-corrected chi connectivity index (χ1v) is 11.1. The summed E-state index contributed by atoms with van der Waals surface area (Å²) in [5.74, 6) is -1.30. The highest BCUT2D eigenvalue weighted by molar-refractivity contribution is 5.90. The Balaban J connectivity index is 1.94. The van der Waals surface area contributed by atoms with E-state index in [0.29, 0.717) is 13.1 Å². The topological polar surface area (TPSA) is 93.5 Å². The molecule has 33 heavy (non-hydrogen) atoms. The van der Waals surface area contributed by atoms with Crippen molar-refractivity contribution >= 4 is 23.9 Å². The number of aromatic nitrogens is 2. The van der Waals surface area contributed by atoms with Crippen LogP contribution in [-0.2, 0) is 25.7 Å². The lowest BCUT2D eigenvalue weighted by Gasteiger charge is -2.20. The fourth-order valence-corrected chi connectivity index (χ4v) is 3.31. The highest BCUT2D eigenvalue weighted by Gasteiger charge is 2.17. The number of ether oxygens (including phenoxy) is 1. The van der Waals surface area contributed by atoms with Crippen molar-refractivity contribution in [3.8, 4) is 0 Å². The fourth-order valence-electron chi connectivity index (χ4n) is 3.31. The smallest absolute Gasteiger partial charge is 0.331 e. The van der Waals surface area contributed by atoms with E-state index in [0.717, 1.165) is 22.5 Å². The maximum Gasteiger partial charge on any atom is 0.331 e. The predicted octanol–water partition coefficient (Wildman–Crippen LogP) is 2.79. The zero-order valence-corrected chi connectivity index (χ0v) is 20.3. The largest absolute Gasteiger partial charge is 0.452 e. The fraction of sp³-hybridized carbons (Fsp3) is 0.440. The Morgan fingerprint density at radius 3 is 2.42 bits per heavy atom. The first-order chi connectivity index (χ1) is 15.6. The minimum absolute atomic E-state index is 0.0116. The third-order valence-electron chi connectivity index (χ3n) is 5.13. The molecule has 0 spiro atoms. The van der Waals surface area contributed by atoms with Gasteiger partial charge in [-0.25, -0.2) is 4.79 Å². The van der Waals surface area contributed by atoms with Crippen LogP contribution in [0.5, 0.6) is 0 Å². The van der Waals surface area contributed by atoms with Gasteiger partial charge in [-0.2, -0.15) is 5.10 Å². The van der Waals surface area contributed by atoms with Crippen LogP contribution in [0.4, 0.5) is 0 Å². The molecule has 8 heteroatoms. The van der Waals surface area contributed by atoms with Crippen molar-refractivity contribution in [2.75, 3.05) is 19.7 Å². The van der Waals surface area contributed by atoms with Crippen molar-refractivity contribution in [3.05, 3.63) is 58.4 Å². The number of carbonyl (C=O) groups is 3. The molecule has 0 atom stereocenters. The molecule has 178 valence electrons. The Morgan fingerprint density at radius 1 is 1.15 bits per heavy atom. The number of hydrogen-bond donors (Lipinski definition) is 1. The Kier molecular flexibility index (Phi) is 9.39. The Hall–Kier alpha value is -3.42. The Bertz CT molecular complexity index is 1010. The number of nitrogens with one attached hydrogen (secondary N) is 1. The van der Waals surface area contributed by atoms with Gasteiger partial charge in [0.1, 0.15) is 0 Å². The van der Waals surface area contributed by atoms with Gasteiger partial charge in [0.2, 0.25) is 5.91 Å². The number of rotatable bonds is 10. The van der Waals surface area contributed by atoms with Crippen LogP contribution in [0.2, 0.25) is 0 Å². The number of nitrogens with zero attached hydrogens (tertiary/aromatic N) is 3. The van der Waals surface area contributed by atoms with Gasteiger partial charge < -0.3 is 15.0 Å². The molecule has 0 radical (unpaired) electrons. The number of amides is 2. The van der Waals surface area contributed by atoms with Gasteiger partial charge in [0.15, 0.2) is 6.61 Å². The zero-order valence-electron chi connectivity index (χ0n) is 20.3. The number of aryl methyl sites for hydroxylation is 2. The van der Waals surface area contributed by atoms with E-state index in [1.165, 1.54) is 16.5 Å². The van der Waals surface area contributed by atoms with Crippen LogP contribution in [0.25, 0.3) is 6.08 Å². The van der Waals surface area contributed by atoms with Crippen LogP contribution in [0.1, 0.15) is 48.8 Å². The second kappa shape index (κ2) is 12.0. The molecule has 0 aliphatic heterocycles. The molecule has 1 N–H and O–H groups in total. The molecule has 2 aromatic rings. The maximum absolute atomic E-state index is 12.3. The molecule has 0 fully saturated rings. The molecule has 0 aliphatic rings. The zero-order chi connectivity index (χ0) is 24.5. The molecule has 2 amide bonds. The average Bonchev–Trinajstić information content (AvgIpc) is 3.02. The average molecular weight is 455 g/mol. The van der Waals surface area contributed by atoms with E-state index >= 15 is 0 Å². The normalized spacial score (nSPS) is 11.1. The van der Waals surface area contributed by atoms with Crippen LogP contribution in [0.3, 0.4) is 0 Å². The van der Waals surface area contributed by atoms with Crippen molar-refractivity contribution in [2.45, 2.75) is 54.1 Å². The molecular formula is C25H34N4O4. The number of carbonyl (C=O) groups excluding carboxylic acids is 3. The van der Waals surface area contributed by atoms with Crippen LogP contribution in [0.15, 0.2) is 30.3 Å². The summed E-state index contributed by atoms with van der Waals surface area (Å²) in [4.78, 5) is 37.7. The highest BCUT2D eigenvalue weighted by Crippen LogP contribution is 2.17. The van der Waals surface area contributed by atoms with Crippen LogP contribution < -0.4 is 5.32 Å². The van der Waals surface area contributed by atoms with Gasteiger partial charge in [-0.05, 0) is 53.2 Å². The van der Waals surface area contributed by atoms with Gasteiger partial charge in [0.05, 0.1) is 18.8 Å². The molecule has 0 aliphatic carbocycles. The van der Waals surface area contributed by atoms with Gasteiger partial charge in [-0.15, -0.1) is 0 Å². The Morgan fingerprint density at radius 2 is 1.82 bits per heavy atom. The van der Waals surface area contributed by atoms with E-state index in [1.807, 2.05) is 39.3 Å². The summed E-state index contributed by atoms with van der Waals surface area (Å²) in [5.41, 5.74) is 4.91. The van der Waals surface area contributed by atoms with Gasteiger partial charge in [-0.1, -0.05) is 29.8 Å². The summed E-state index contributed by atoms with van der Waals surface area (Å²) in [7, 11) is 0. The standard InChI is InChI=1S/C25H34N4O4/c1-7-28(15-23(30)26-17(2)3)24(31)16-33-25(32)13-12-22-19(5)27-29(20(22)6)14-21-10-8-18(4)9-11-21/h8-13,17H,7,14-16H2,1-6H3,(H,26,30)/b13-12+. The summed E-state index contributed by atoms with van der Waals surface area (Å²) in [5, 5.41) is 7.31. The monoisotopic (exact) mass is 454 g/mol. The highest BCUT2D eigenvalue weighted by atomic mass is 16.5. The van der Waals surface area contributed by atoms with Crippen LogP contribution >= 0.6 is 0 Å². The van der Waals surface area contributed by atoms with E-state index in [2.05, 4.69) is 34.7 Å². The molecule has 1 heterocycles. The third kappa shape index (κ3) is 7.89. The molecule has 8 nitrogen and oxygen atoms in total. The van der Waals surface area contributed by atoms with Crippen molar-refractivity contribution < 1.29 is 19.1 Å². The summed E-state index contributed by atoms with van der Waals surface area (Å²) in [6.45, 7) is 11.8.